The zero-order valence-corrected chi connectivity index (χ0v) is 12.7. The number of carbonyl (C=O) groups is 1. The first kappa shape index (κ1) is 14.2. The van der Waals surface area contributed by atoms with Gasteiger partial charge >= 0.3 is 5.97 Å². The maximum absolute atomic E-state index is 12.1. The van der Waals surface area contributed by atoms with E-state index in [1.54, 1.807) is 6.07 Å². The molecule has 2 fully saturated rings. The molecule has 0 N–H and O–H groups in total. The van der Waals surface area contributed by atoms with Crippen molar-refractivity contribution < 1.29 is 14.3 Å². The summed E-state index contributed by atoms with van der Waals surface area (Å²) in [4.78, 5) is 12.1. The maximum Gasteiger partial charge on any atom is 0.311 e. The van der Waals surface area contributed by atoms with Crippen molar-refractivity contribution in [1.82, 2.24) is 0 Å². The van der Waals surface area contributed by atoms with Crippen LogP contribution in [0.4, 0.5) is 0 Å². The molecule has 3 unspecified atom stereocenters. The molecule has 4 atom stereocenters. The maximum atomic E-state index is 12.1. The van der Waals surface area contributed by atoms with Crippen LogP contribution in [0.5, 0.6) is 0 Å². The summed E-state index contributed by atoms with van der Waals surface area (Å²) in [5.41, 5.74) is 1.04. The Balaban J connectivity index is 1.96. The van der Waals surface area contributed by atoms with E-state index < -0.39 is 0 Å². The van der Waals surface area contributed by atoms with Gasteiger partial charge in [-0.3, -0.25) is 4.79 Å². The lowest BCUT2D eigenvalue weighted by Crippen LogP contribution is -2.39. The summed E-state index contributed by atoms with van der Waals surface area (Å²) in [6.45, 7) is 0. The third kappa shape index (κ3) is 2.43. The molecular weight excluding hydrogens is 299 g/mol. The molecule has 1 aromatic rings. The topological polar surface area (TPSA) is 35.5 Å². The molecule has 2 aliphatic heterocycles. The van der Waals surface area contributed by atoms with Crippen LogP contribution in [0, 0.1) is 5.92 Å². The highest BCUT2D eigenvalue weighted by molar-refractivity contribution is 6.42. The van der Waals surface area contributed by atoms with Crippen molar-refractivity contribution in [3.8, 4) is 0 Å². The fraction of sp³-hybridized carbons (Fsp3) is 0.533. The van der Waals surface area contributed by atoms with E-state index in [1.165, 1.54) is 7.11 Å². The highest BCUT2D eigenvalue weighted by Crippen LogP contribution is 2.46. The van der Waals surface area contributed by atoms with Gasteiger partial charge in [0.15, 0.2) is 0 Å². The minimum Gasteiger partial charge on any atom is -0.469 e. The zero-order valence-electron chi connectivity index (χ0n) is 11.1. The number of hydrogen-bond acceptors (Lipinski definition) is 3. The molecule has 1 aromatic carbocycles. The number of benzene rings is 1. The van der Waals surface area contributed by atoms with E-state index in [2.05, 4.69) is 0 Å². The van der Waals surface area contributed by atoms with Gasteiger partial charge in [0.2, 0.25) is 0 Å². The van der Waals surface area contributed by atoms with Crippen molar-refractivity contribution >= 4 is 29.2 Å². The standard InChI is InChI=1S/C15H16Cl2O3/c1-19-15(18)14-10(7-9-3-5-13(14)20-9)8-2-4-11(16)12(17)6-8/h2,4,6,9-10,13-14H,3,5,7H2,1H3/t9?,10?,13-,14?/m1/s1. The van der Waals surface area contributed by atoms with Gasteiger partial charge in [0.05, 0.1) is 35.3 Å². The van der Waals surface area contributed by atoms with Gasteiger partial charge in [0.25, 0.3) is 0 Å². The van der Waals surface area contributed by atoms with E-state index in [0.29, 0.717) is 10.0 Å². The van der Waals surface area contributed by atoms with E-state index in [9.17, 15) is 4.79 Å². The van der Waals surface area contributed by atoms with E-state index in [4.69, 9.17) is 32.7 Å². The molecule has 0 aliphatic carbocycles. The lowest BCUT2D eigenvalue weighted by Gasteiger charge is -2.35. The Morgan fingerprint density at radius 1 is 1.30 bits per heavy atom. The lowest BCUT2D eigenvalue weighted by molar-refractivity contribution is -0.156. The van der Waals surface area contributed by atoms with Crippen LogP contribution in [0.2, 0.25) is 10.0 Å². The number of carbonyl (C=O) groups excluding carboxylic acids is 1. The smallest absolute Gasteiger partial charge is 0.311 e. The Kier molecular flexibility index (Phi) is 3.93. The molecule has 2 saturated heterocycles. The van der Waals surface area contributed by atoms with Crippen LogP contribution < -0.4 is 0 Å². The fourth-order valence-corrected chi connectivity index (χ4v) is 3.71. The average molecular weight is 315 g/mol. The lowest BCUT2D eigenvalue weighted by atomic mass is 9.79. The first-order valence-corrected chi connectivity index (χ1v) is 7.54. The SMILES string of the molecule is COC(=O)C1C(c2ccc(Cl)c(Cl)c2)CC2CC[C@H]1O2. The van der Waals surface area contributed by atoms with Gasteiger partial charge in [-0.2, -0.15) is 0 Å². The molecular formula is C15H16Cl2O3. The van der Waals surface area contributed by atoms with Crippen molar-refractivity contribution in [2.75, 3.05) is 7.11 Å². The van der Waals surface area contributed by atoms with Crippen molar-refractivity contribution in [2.45, 2.75) is 37.4 Å². The van der Waals surface area contributed by atoms with Gasteiger partial charge in [-0.25, -0.2) is 0 Å². The van der Waals surface area contributed by atoms with Gasteiger partial charge in [-0.1, -0.05) is 29.3 Å². The summed E-state index contributed by atoms with van der Waals surface area (Å²) in [6.07, 6.45) is 2.95. The van der Waals surface area contributed by atoms with Gasteiger partial charge < -0.3 is 9.47 Å². The van der Waals surface area contributed by atoms with Crippen molar-refractivity contribution in [3.63, 3.8) is 0 Å². The molecule has 0 spiro atoms. The summed E-state index contributed by atoms with van der Waals surface area (Å²) in [6, 6.07) is 5.58. The monoisotopic (exact) mass is 314 g/mol. The minimum absolute atomic E-state index is 0.0411. The second-order valence-corrected chi connectivity index (χ2v) is 6.25. The Bertz CT molecular complexity index is 532. The Hall–Kier alpha value is -0.770. The van der Waals surface area contributed by atoms with Crippen LogP contribution in [0.15, 0.2) is 18.2 Å². The van der Waals surface area contributed by atoms with Gasteiger partial charge in [0, 0.05) is 5.92 Å². The summed E-state index contributed by atoms with van der Waals surface area (Å²) < 4.78 is 10.8. The minimum atomic E-state index is -0.254. The molecule has 2 heterocycles. The number of halogens is 2. The van der Waals surface area contributed by atoms with Crippen molar-refractivity contribution in [3.05, 3.63) is 33.8 Å². The van der Waals surface area contributed by atoms with Gasteiger partial charge in [0.1, 0.15) is 0 Å². The van der Waals surface area contributed by atoms with E-state index in [-0.39, 0.29) is 30.0 Å². The molecule has 0 amide bonds. The average Bonchev–Trinajstić information content (AvgIpc) is 2.82. The van der Waals surface area contributed by atoms with Crippen LogP contribution in [0.25, 0.3) is 0 Å². The fourth-order valence-electron chi connectivity index (χ4n) is 3.40. The predicted molar refractivity (Wildman–Crippen MR) is 77.2 cm³/mol. The number of fused-ring (bicyclic) bond motifs is 2. The van der Waals surface area contributed by atoms with E-state index in [0.717, 1.165) is 24.8 Å². The summed E-state index contributed by atoms with van der Waals surface area (Å²) in [5.74, 6) is -0.370. The van der Waals surface area contributed by atoms with E-state index >= 15 is 0 Å². The van der Waals surface area contributed by atoms with Crippen LogP contribution in [0.3, 0.4) is 0 Å². The van der Waals surface area contributed by atoms with Crippen molar-refractivity contribution in [2.24, 2.45) is 5.92 Å². The molecule has 3 rings (SSSR count). The summed E-state index contributed by atoms with van der Waals surface area (Å²) in [7, 11) is 1.43. The number of methoxy groups -OCH3 is 1. The second kappa shape index (κ2) is 5.55. The largest absolute Gasteiger partial charge is 0.469 e. The van der Waals surface area contributed by atoms with Crippen LogP contribution in [0.1, 0.15) is 30.7 Å². The molecule has 0 saturated carbocycles. The summed E-state index contributed by atoms with van der Waals surface area (Å²) >= 11 is 12.1. The Morgan fingerprint density at radius 3 is 2.80 bits per heavy atom. The molecule has 2 aliphatic rings. The molecule has 3 nitrogen and oxygen atoms in total. The van der Waals surface area contributed by atoms with Gasteiger partial charge in [-0.15, -0.1) is 0 Å². The number of hydrogen-bond donors (Lipinski definition) is 0. The van der Waals surface area contributed by atoms with Crippen LogP contribution in [-0.4, -0.2) is 25.3 Å². The second-order valence-electron chi connectivity index (χ2n) is 5.44. The first-order valence-electron chi connectivity index (χ1n) is 6.78. The highest BCUT2D eigenvalue weighted by Gasteiger charge is 2.47. The van der Waals surface area contributed by atoms with E-state index in [1.807, 2.05) is 12.1 Å². The molecule has 0 radical (unpaired) electrons. The van der Waals surface area contributed by atoms with Crippen molar-refractivity contribution in [1.29, 1.82) is 0 Å². The third-order valence-corrected chi connectivity index (χ3v) is 5.08. The van der Waals surface area contributed by atoms with Gasteiger partial charge in [-0.05, 0) is 37.0 Å². The quantitative estimate of drug-likeness (QED) is 0.778. The molecule has 108 valence electrons. The number of esters is 1. The van der Waals surface area contributed by atoms with Crippen LogP contribution >= 0.6 is 23.2 Å². The Labute approximate surface area is 128 Å². The molecule has 0 aromatic heterocycles. The molecule has 20 heavy (non-hydrogen) atoms. The number of rotatable bonds is 2. The third-order valence-electron chi connectivity index (χ3n) is 4.34. The summed E-state index contributed by atoms with van der Waals surface area (Å²) in [5, 5.41) is 1.05. The molecule has 2 bridgehead atoms. The zero-order chi connectivity index (χ0) is 14.3. The Morgan fingerprint density at radius 2 is 2.10 bits per heavy atom. The first-order chi connectivity index (χ1) is 9.60. The predicted octanol–water partition coefficient (Wildman–Crippen LogP) is 3.82. The molecule has 5 heteroatoms. The number of ether oxygens (including phenoxy) is 2. The normalized spacial score (nSPS) is 32.1. The van der Waals surface area contributed by atoms with Crippen LogP contribution in [-0.2, 0) is 14.3 Å². The highest BCUT2D eigenvalue weighted by atomic mass is 35.5.